The van der Waals surface area contributed by atoms with Gasteiger partial charge in [0.05, 0.1) is 11.3 Å². The summed E-state index contributed by atoms with van der Waals surface area (Å²) >= 11 is 5.50. The fraction of sp³-hybridized carbons (Fsp3) is 0.125. The molecule has 3 rings (SSSR count). The van der Waals surface area contributed by atoms with Gasteiger partial charge in [-0.15, -0.1) is 0 Å². The molecule has 0 aliphatic carbocycles. The Kier molecular flexibility index (Phi) is 3.24. The molecule has 2 aromatic carbocycles. The lowest BCUT2D eigenvalue weighted by Gasteiger charge is -2.26. The van der Waals surface area contributed by atoms with Crippen molar-refractivity contribution in [2.24, 2.45) is 0 Å². The normalized spacial score (nSPS) is 18.2. The largest absolute Gasteiger partial charge is 0.347 e. The highest BCUT2D eigenvalue weighted by molar-refractivity contribution is 7.80. The molecule has 100 valence electrons. The molecular formula is C16H14N2OS. The molecular weight excluding hydrogens is 268 g/mol. The zero-order valence-corrected chi connectivity index (χ0v) is 11.9. The van der Waals surface area contributed by atoms with Crippen molar-refractivity contribution in [3.8, 4) is 0 Å². The van der Waals surface area contributed by atoms with Gasteiger partial charge in [-0.2, -0.15) is 0 Å². The average Bonchev–Trinajstić information content (AvgIpc) is 2.56. The second-order valence-corrected chi connectivity index (χ2v) is 5.20. The number of rotatable bonds is 1. The van der Waals surface area contributed by atoms with Crippen molar-refractivity contribution >= 4 is 28.8 Å². The van der Waals surface area contributed by atoms with E-state index in [-0.39, 0.29) is 11.9 Å². The molecule has 0 aromatic heterocycles. The van der Waals surface area contributed by atoms with Gasteiger partial charge in [-0.3, -0.25) is 4.79 Å². The summed E-state index contributed by atoms with van der Waals surface area (Å²) in [6.07, 6.45) is 0. The van der Waals surface area contributed by atoms with Crippen molar-refractivity contribution in [2.75, 3.05) is 12.4 Å². The minimum Gasteiger partial charge on any atom is -0.347 e. The Bertz CT molecular complexity index is 669. The van der Waals surface area contributed by atoms with Crippen LogP contribution in [0.1, 0.15) is 22.0 Å². The summed E-state index contributed by atoms with van der Waals surface area (Å²) in [4.78, 5) is 14.9. The lowest BCUT2D eigenvalue weighted by molar-refractivity contribution is 0.0774. The molecule has 2 aromatic rings. The minimum atomic E-state index is -0.244. The molecule has 0 radical (unpaired) electrons. The molecule has 4 heteroatoms. The third-order valence-corrected chi connectivity index (χ3v) is 3.81. The predicted molar refractivity (Wildman–Crippen MR) is 83.9 cm³/mol. The first-order valence-corrected chi connectivity index (χ1v) is 6.81. The molecule has 1 amide bonds. The van der Waals surface area contributed by atoms with Gasteiger partial charge in [0.15, 0.2) is 0 Å². The highest BCUT2D eigenvalue weighted by atomic mass is 32.1. The van der Waals surface area contributed by atoms with Crippen molar-refractivity contribution in [2.45, 2.75) is 6.04 Å². The number of carbonyl (C=O) groups excluding carboxylic acids is 1. The van der Waals surface area contributed by atoms with Gasteiger partial charge in [0.25, 0.3) is 5.91 Å². The molecule has 1 atom stereocenters. The van der Waals surface area contributed by atoms with Gasteiger partial charge in [-0.1, -0.05) is 54.7 Å². The maximum atomic E-state index is 12.6. The van der Waals surface area contributed by atoms with Crippen molar-refractivity contribution in [3.63, 3.8) is 0 Å². The predicted octanol–water partition coefficient (Wildman–Crippen LogP) is 3.25. The van der Waals surface area contributed by atoms with Gasteiger partial charge in [-0.25, -0.2) is 0 Å². The van der Waals surface area contributed by atoms with Crippen LogP contribution in [0, 0.1) is 0 Å². The van der Waals surface area contributed by atoms with E-state index in [9.17, 15) is 4.79 Å². The van der Waals surface area contributed by atoms with Gasteiger partial charge in [-0.05, 0) is 17.7 Å². The fourth-order valence-corrected chi connectivity index (χ4v) is 2.88. The number of anilines is 1. The number of carbonyl (C=O) groups is 1. The second kappa shape index (κ2) is 5.06. The van der Waals surface area contributed by atoms with Crippen molar-refractivity contribution in [1.82, 2.24) is 4.90 Å². The first-order valence-electron chi connectivity index (χ1n) is 6.40. The van der Waals surface area contributed by atoms with E-state index in [4.69, 9.17) is 12.2 Å². The Balaban J connectivity index is 2.08. The summed E-state index contributed by atoms with van der Waals surface area (Å²) in [5.41, 5.74) is 2.43. The lowest BCUT2D eigenvalue weighted by Crippen LogP contribution is -2.34. The van der Waals surface area contributed by atoms with Crippen LogP contribution >= 0.6 is 12.2 Å². The molecule has 1 unspecified atom stereocenters. The van der Waals surface area contributed by atoms with E-state index in [0.717, 1.165) is 11.3 Å². The number of nitrogens with zero attached hydrogens (tertiary/aromatic N) is 1. The quantitative estimate of drug-likeness (QED) is 0.815. The van der Waals surface area contributed by atoms with Crippen LogP contribution in [0.5, 0.6) is 0 Å². The van der Waals surface area contributed by atoms with Crippen LogP contribution in [0.2, 0.25) is 0 Å². The summed E-state index contributed by atoms with van der Waals surface area (Å²) in [6, 6.07) is 17.0. The maximum Gasteiger partial charge on any atom is 0.256 e. The topological polar surface area (TPSA) is 32.3 Å². The molecule has 1 heterocycles. The Morgan fingerprint density at radius 1 is 1.05 bits per heavy atom. The summed E-state index contributed by atoms with van der Waals surface area (Å²) in [5, 5.41) is 3.20. The van der Waals surface area contributed by atoms with E-state index in [1.165, 1.54) is 0 Å². The number of fused-ring (bicyclic) bond motifs is 1. The molecule has 0 saturated carbocycles. The number of amides is 1. The van der Waals surface area contributed by atoms with Crippen LogP contribution in [-0.2, 0) is 0 Å². The van der Waals surface area contributed by atoms with Crippen LogP contribution in [0.25, 0.3) is 0 Å². The highest BCUT2D eigenvalue weighted by Gasteiger charge is 2.31. The van der Waals surface area contributed by atoms with Gasteiger partial charge >= 0.3 is 0 Å². The third-order valence-electron chi connectivity index (χ3n) is 3.49. The highest BCUT2D eigenvalue weighted by Crippen LogP contribution is 2.30. The van der Waals surface area contributed by atoms with Crippen molar-refractivity contribution < 1.29 is 4.79 Å². The Labute approximate surface area is 123 Å². The van der Waals surface area contributed by atoms with Crippen LogP contribution in [0.15, 0.2) is 54.6 Å². The van der Waals surface area contributed by atoms with Crippen LogP contribution in [-0.4, -0.2) is 22.8 Å². The monoisotopic (exact) mass is 282 g/mol. The number of hydrogen-bond acceptors (Lipinski definition) is 2. The molecule has 1 aliphatic heterocycles. The van der Waals surface area contributed by atoms with Gasteiger partial charge in [0, 0.05) is 7.05 Å². The number of nitrogens with one attached hydrogen (secondary N) is 1. The molecule has 0 spiro atoms. The molecule has 1 N–H and O–H groups in total. The zero-order chi connectivity index (χ0) is 14.1. The van der Waals surface area contributed by atoms with E-state index in [2.05, 4.69) is 5.32 Å². The van der Waals surface area contributed by atoms with E-state index in [0.29, 0.717) is 10.6 Å². The Hall–Kier alpha value is -2.20. The van der Waals surface area contributed by atoms with Crippen LogP contribution < -0.4 is 5.32 Å². The lowest BCUT2D eigenvalue weighted by atomic mass is 10.1. The Morgan fingerprint density at radius 3 is 2.45 bits per heavy atom. The first kappa shape index (κ1) is 12.8. The number of likely N-dealkylation sites (N-methyl/N-ethyl adjacent to an activating group) is 1. The fourth-order valence-electron chi connectivity index (χ4n) is 2.47. The van der Waals surface area contributed by atoms with Crippen LogP contribution in [0.4, 0.5) is 5.69 Å². The summed E-state index contributed by atoms with van der Waals surface area (Å²) in [6.45, 7) is 0. The van der Waals surface area contributed by atoms with E-state index in [1.807, 2.05) is 54.6 Å². The maximum absolute atomic E-state index is 12.6. The molecule has 0 fully saturated rings. The first-order chi connectivity index (χ1) is 9.68. The van der Waals surface area contributed by atoms with Crippen molar-refractivity contribution in [1.29, 1.82) is 0 Å². The molecule has 0 saturated heterocycles. The summed E-state index contributed by atoms with van der Waals surface area (Å²) < 4.78 is 0. The standard InChI is InChI=1S/C16H14N2OS/c1-18-14(11-7-3-2-4-8-11)15(20)17-13-10-6-5-9-12(13)16(18)19/h2-10,14H,1H3,(H,17,20). The Morgan fingerprint density at radius 2 is 1.70 bits per heavy atom. The third kappa shape index (κ3) is 2.08. The van der Waals surface area contributed by atoms with E-state index >= 15 is 0 Å². The summed E-state index contributed by atoms with van der Waals surface area (Å²) in [7, 11) is 1.79. The summed E-state index contributed by atoms with van der Waals surface area (Å²) in [5.74, 6) is -0.0261. The minimum absolute atomic E-state index is 0.0261. The number of hydrogen-bond donors (Lipinski definition) is 1. The number of thiocarbonyl (C=S) groups is 1. The number of para-hydroxylation sites is 1. The molecule has 1 aliphatic rings. The molecule has 0 bridgehead atoms. The second-order valence-electron chi connectivity index (χ2n) is 4.76. The average molecular weight is 282 g/mol. The van der Waals surface area contributed by atoms with Crippen LogP contribution in [0.3, 0.4) is 0 Å². The van der Waals surface area contributed by atoms with Gasteiger partial charge < -0.3 is 10.2 Å². The van der Waals surface area contributed by atoms with Gasteiger partial charge in [0.2, 0.25) is 0 Å². The van der Waals surface area contributed by atoms with E-state index in [1.54, 1.807) is 11.9 Å². The molecule has 20 heavy (non-hydrogen) atoms. The smallest absolute Gasteiger partial charge is 0.256 e. The van der Waals surface area contributed by atoms with Gasteiger partial charge in [0.1, 0.15) is 11.0 Å². The molecule has 3 nitrogen and oxygen atoms in total. The SMILES string of the molecule is CN1C(=O)c2ccccc2NC(=S)C1c1ccccc1. The number of benzene rings is 2. The van der Waals surface area contributed by atoms with Crippen molar-refractivity contribution in [3.05, 3.63) is 65.7 Å². The van der Waals surface area contributed by atoms with E-state index < -0.39 is 0 Å². The zero-order valence-electron chi connectivity index (χ0n) is 11.0.